The first-order valence-corrected chi connectivity index (χ1v) is 12.5. The van der Waals surface area contributed by atoms with Gasteiger partial charge in [0.1, 0.15) is 0 Å². The van der Waals surface area contributed by atoms with E-state index in [1.807, 2.05) is 0 Å². The van der Waals surface area contributed by atoms with Gasteiger partial charge in [-0.15, -0.1) is 0 Å². The van der Waals surface area contributed by atoms with Gasteiger partial charge in [-0.05, 0) is 13.8 Å². The van der Waals surface area contributed by atoms with Crippen LogP contribution in [0.2, 0.25) is 0 Å². The van der Waals surface area contributed by atoms with E-state index >= 15 is 0 Å². The van der Waals surface area contributed by atoms with Crippen LogP contribution in [0.3, 0.4) is 0 Å². The maximum absolute atomic E-state index is 6.67. The monoisotopic (exact) mass is 361 g/mol. The van der Waals surface area contributed by atoms with Crippen molar-refractivity contribution in [3.63, 3.8) is 0 Å². The van der Waals surface area contributed by atoms with Crippen LogP contribution >= 0.6 is 15.2 Å². The maximum Gasteiger partial charge on any atom is 0.185 e. The van der Waals surface area contributed by atoms with Gasteiger partial charge in [0.2, 0.25) is 0 Å². The zero-order valence-electron chi connectivity index (χ0n) is 16.6. The predicted molar refractivity (Wildman–Crippen MR) is 101 cm³/mol. The SMILES string of the molecule is CC(C)(C)P([PH+]1[C@]2(C)C[C@@]3(C)O[C@](C)(C[C@]1(C)O3)O2)C(C)(C)C. The molecule has 4 saturated heterocycles. The molecular weight excluding hydrogens is 326 g/mol. The highest BCUT2D eigenvalue weighted by molar-refractivity contribution is 8.32. The molecule has 0 aliphatic carbocycles. The summed E-state index contributed by atoms with van der Waals surface area (Å²) >= 11 is 0. The van der Waals surface area contributed by atoms with Gasteiger partial charge in [0.25, 0.3) is 0 Å². The number of hydrogen-bond acceptors (Lipinski definition) is 3. The zero-order chi connectivity index (χ0) is 17.7. The lowest BCUT2D eigenvalue weighted by molar-refractivity contribution is -0.467. The second-order valence-corrected chi connectivity index (χ2v) is 19.3. The largest absolute Gasteiger partial charge is 0.318 e. The molecule has 4 bridgehead atoms. The fraction of sp³-hybridized carbons (Fsp3) is 1.00. The highest BCUT2D eigenvalue weighted by Gasteiger charge is 2.78. The molecule has 0 aromatic rings. The average molecular weight is 361 g/mol. The van der Waals surface area contributed by atoms with Crippen LogP contribution in [-0.4, -0.2) is 32.6 Å². The minimum Gasteiger partial charge on any atom is -0.318 e. The lowest BCUT2D eigenvalue weighted by atomic mass is 9.98. The fourth-order valence-corrected chi connectivity index (χ4v) is 20.5. The maximum atomic E-state index is 6.67. The lowest BCUT2D eigenvalue weighted by Gasteiger charge is -2.67. The molecule has 134 valence electrons. The quantitative estimate of drug-likeness (QED) is 0.542. The van der Waals surface area contributed by atoms with Crippen molar-refractivity contribution < 1.29 is 14.2 Å². The summed E-state index contributed by atoms with van der Waals surface area (Å²) in [7, 11) is -1.15. The van der Waals surface area contributed by atoms with Crippen LogP contribution in [0.5, 0.6) is 0 Å². The van der Waals surface area contributed by atoms with Gasteiger partial charge in [0.05, 0.1) is 28.1 Å². The van der Waals surface area contributed by atoms with E-state index in [0.717, 1.165) is 12.8 Å². The van der Waals surface area contributed by atoms with Crippen molar-refractivity contribution in [3.8, 4) is 0 Å². The Balaban J connectivity index is 2.13. The molecule has 0 unspecified atom stereocenters. The van der Waals surface area contributed by atoms with Crippen molar-refractivity contribution in [3.05, 3.63) is 0 Å². The van der Waals surface area contributed by atoms with Gasteiger partial charge < -0.3 is 14.2 Å². The molecule has 3 nitrogen and oxygen atoms in total. The van der Waals surface area contributed by atoms with Crippen molar-refractivity contribution in [2.75, 3.05) is 0 Å². The molecule has 0 radical (unpaired) electrons. The molecule has 23 heavy (non-hydrogen) atoms. The van der Waals surface area contributed by atoms with Crippen molar-refractivity contribution in [2.45, 2.75) is 115 Å². The Kier molecular flexibility index (Phi) is 3.80. The first kappa shape index (κ1) is 18.5. The number of rotatable bonds is 1. The summed E-state index contributed by atoms with van der Waals surface area (Å²) in [5.74, 6) is -0.973. The highest BCUT2D eigenvalue weighted by Crippen LogP contribution is 2.94. The van der Waals surface area contributed by atoms with Gasteiger partial charge in [-0.2, -0.15) is 0 Å². The fourth-order valence-electron chi connectivity index (χ4n) is 5.87. The Morgan fingerprint density at radius 3 is 1.35 bits per heavy atom. The molecule has 4 aliphatic rings. The summed E-state index contributed by atoms with van der Waals surface area (Å²) < 4.78 is 19.6. The van der Waals surface area contributed by atoms with Gasteiger partial charge >= 0.3 is 0 Å². The summed E-state index contributed by atoms with van der Waals surface area (Å²) in [4.78, 5) is 0. The third-order valence-corrected chi connectivity index (χ3v) is 19.1. The Bertz CT molecular complexity index is 461. The van der Waals surface area contributed by atoms with E-state index in [1.165, 1.54) is 0 Å². The topological polar surface area (TPSA) is 27.7 Å². The first-order valence-electron chi connectivity index (χ1n) is 8.81. The smallest absolute Gasteiger partial charge is 0.185 e. The van der Waals surface area contributed by atoms with E-state index < -0.39 is 19.2 Å². The summed E-state index contributed by atoms with van der Waals surface area (Å²) in [6.45, 7) is 23.4. The van der Waals surface area contributed by atoms with Gasteiger partial charge in [-0.25, -0.2) is 0 Å². The first-order chi connectivity index (χ1) is 10.0. The molecule has 4 heterocycles. The number of ether oxygens (including phenoxy) is 3. The molecule has 0 spiro atoms. The normalized spacial score (nSPS) is 50.0. The summed E-state index contributed by atoms with van der Waals surface area (Å²) in [6, 6.07) is 0. The van der Waals surface area contributed by atoms with Crippen molar-refractivity contribution >= 4 is 15.2 Å². The van der Waals surface area contributed by atoms with Gasteiger partial charge in [-0.1, -0.05) is 41.5 Å². The van der Waals surface area contributed by atoms with Crippen molar-refractivity contribution in [1.82, 2.24) is 0 Å². The van der Waals surface area contributed by atoms with Crippen LogP contribution in [0.15, 0.2) is 0 Å². The summed E-state index contributed by atoms with van der Waals surface area (Å²) in [6.07, 6.45) is 1.73. The standard InChI is InChI=1S/C18H34O3P2/c1-13(2,3)22(14(4,5)6)23-17(9)11-15(7)19-16(8,21-17)12-18(23,10)20-15/h11-12H2,1-10H3/p+1/t15-,16-,17+,18+/m0/s1. The molecule has 0 amide bonds. The van der Waals surface area contributed by atoms with E-state index in [1.54, 1.807) is 0 Å². The summed E-state index contributed by atoms with van der Waals surface area (Å²) in [5, 5.41) is 0.422. The molecule has 0 saturated carbocycles. The third-order valence-electron chi connectivity index (χ3n) is 5.20. The molecule has 4 fully saturated rings. The van der Waals surface area contributed by atoms with Gasteiger partial charge in [0, 0.05) is 24.2 Å². The Labute approximate surface area is 144 Å². The van der Waals surface area contributed by atoms with Crippen molar-refractivity contribution in [1.29, 1.82) is 0 Å². The predicted octanol–water partition coefficient (Wildman–Crippen LogP) is 5.93. The van der Waals surface area contributed by atoms with Crippen molar-refractivity contribution in [2.24, 2.45) is 0 Å². The number of hydrogen-bond donors (Lipinski definition) is 0. The van der Waals surface area contributed by atoms with E-state index in [0.29, 0.717) is 10.3 Å². The summed E-state index contributed by atoms with van der Waals surface area (Å²) in [5.41, 5.74) is 0. The van der Waals surface area contributed by atoms with Crippen LogP contribution < -0.4 is 0 Å². The van der Waals surface area contributed by atoms with Crippen LogP contribution in [-0.2, 0) is 14.2 Å². The van der Waals surface area contributed by atoms with Gasteiger partial charge in [-0.3, -0.25) is 0 Å². The second kappa shape index (κ2) is 4.72. The average Bonchev–Trinajstić information content (AvgIpc) is 2.13. The van der Waals surface area contributed by atoms with Crippen LogP contribution in [0.4, 0.5) is 0 Å². The molecular formula is C18H35O3P2+. The molecule has 0 aromatic heterocycles. The van der Waals surface area contributed by atoms with E-state index in [2.05, 4.69) is 69.2 Å². The van der Waals surface area contributed by atoms with E-state index in [9.17, 15) is 0 Å². The molecule has 0 aromatic carbocycles. The van der Waals surface area contributed by atoms with Gasteiger partial charge in [0.15, 0.2) is 22.3 Å². The lowest BCUT2D eigenvalue weighted by Crippen LogP contribution is -2.71. The minimum atomic E-state index is -0.916. The molecule has 4 atom stereocenters. The Morgan fingerprint density at radius 2 is 1.04 bits per heavy atom. The second-order valence-electron chi connectivity index (χ2n) is 10.4. The zero-order valence-corrected chi connectivity index (χ0v) is 18.5. The van der Waals surface area contributed by atoms with E-state index in [4.69, 9.17) is 14.2 Å². The van der Waals surface area contributed by atoms with Crippen LogP contribution in [0.25, 0.3) is 0 Å². The minimum absolute atomic E-state index is 0.0794. The van der Waals surface area contributed by atoms with E-state index in [-0.39, 0.29) is 18.3 Å². The molecule has 5 heteroatoms. The molecule has 4 rings (SSSR count). The Morgan fingerprint density at radius 1 is 0.696 bits per heavy atom. The highest BCUT2D eigenvalue weighted by atomic mass is 32.1. The molecule has 4 aliphatic heterocycles. The molecule has 0 N–H and O–H groups in total. The van der Waals surface area contributed by atoms with Crippen LogP contribution in [0, 0.1) is 0 Å². The third kappa shape index (κ3) is 2.83. The Hall–Kier alpha value is 0.740. The van der Waals surface area contributed by atoms with Crippen LogP contribution in [0.1, 0.15) is 82.1 Å².